The summed E-state index contributed by atoms with van der Waals surface area (Å²) in [5.74, 6) is 0. The third kappa shape index (κ3) is 7.12. The minimum atomic E-state index is 1.08. The molecular weight excluding hydrogens is 907 g/mol. The van der Waals surface area contributed by atoms with Gasteiger partial charge in [0.25, 0.3) is 0 Å². The third-order valence-electron chi connectivity index (χ3n) is 15.4. The fraction of sp³-hybridized carbons (Fsp3) is 0. The van der Waals surface area contributed by atoms with Gasteiger partial charge in [0.15, 0.2) is 0 Å². The Morgan fingerprint density at radius 3 is 0.800 bits per heavy atom. The molecule has 75 heavy (non-hydrogen) atoms. The van der Waals surface area contributed by atoms with E-state index in [1.165, 1.54) is 87.9 Å². The van der Waals surface area contributed by atoms with E-state index < -0.39 is 0 Å². The van der Waals surface area contributed by atoms with Gasteiger partial charge in [0.1, 0.15) is 0 Å². The molecule has 0 radical (unpaired) electrons. The highest BCUT2D eigenvalue weighted by atomic mass is 15.0. The topological polar surface area (TPSA) is 14.8 Å². The summed E-state index contributed by atoms with van der Waals surface area (Å²) in [5, 5.41) is 7.34. The highest BCUT2D eigenvalue weighted by Gasteiger charge is 2.21. The van der Waals surface area contributed by atoms with Crippen LogP contribution >= 0.6 is 0 Å². The monoisotopic (exact) mass is 953 g/mol. The van der Waals surface area contributed by atoms with E-state index in [4.69, 9.17) is 0 Å². The lowest BCUT2D eigenvalue weighted by Gasteiger charge is -2.17. The number of hydrogen-bond acceptors (Lipinski definition) is 0. The zero-order chi connectivity index (χ0) is 49.4. The van der Waals surface area contributed by atoms with Gasteiger partial charge < -0.3 is 13.7 Å². The van der Waals surface area contributed by atoms with Crippen LogP contribution in [0.1, 0.15) is 0 Å². The van der Waals surface area contributed by atoms with E-state index >= 15 is 0 Å². The van der Waals surface area contributed by atoms with Gasteiger partial charge in [-0.25, -0.2) is 0 Å². The molecule has 3 heteroatoms. The Balaban J connectivity index is 1.02. The Morgan fingerprint density at radius 1 is 0.147 bits per heavy atom. The van der Waals surface area contributed by atoms with Crippen molar-refractivity contribution < 1.29 is 0 Å². The maximum Gasteiger partial charge on any atom is 0.0541 e. The van der Waals surface area contributed by atoms with Crippen molar-refractivity contribution in [2.24, 2.45) is 0 Å². The second-order valence-corrected chi connectivity index (χ2v) is 19.7. The van der Waals surface area contributed by atoms with Crippen LogP contribution in [0.15, 0.2) is 285 Å². The third-order valence-corrected chi connectivity index (χ3v) is 15.4. The first-order valence-corrected chi connectivity index (χ1v) is 25.8. The van der Waals surface area contributed by atoms with Crippen molar-refractivity contribution in [3.05, 3.63) is 285 Å². The molecule has 0 N–H and O–H groups in total. The van der Waals surface area contributed by atoms with Gasteiger partial charge >= 0.3 is 0 Å². The van der Waals surface area contributed by atoms with Gasteiger partial charge in [0.05, 0.1) is 33.1 Å². The van der Waals surface area contributed by atoms with Crippen molar-refractivity contribution in [3.8, 4) is 72.7 Å². The van der Waals surface area contributed by atoms with E-state index in [1.807, 2.05) is 0 Å². The van der Waals surface area contributed by atoms with E-state index in [0.717, 1.165) is 50.3 Å². The number of aromatic nitrogens is 3. The summed E-state index contributed by atoms with van der Waals surface area (Å²) in [6, 6.07) is 105. The zero-order valence-electron chi connectivity index (χ0n) is 41.0. The molecule has 3 nitrogen and oxygen atoms in total. The molecule has 3 heterocycles. The molecular formula is C72H47N3. The van der Waals surface area contributed by atoms with E-state index in [0.29, 0.717) is 0 Å². The molecule has 0 fully saturated rings. The molecule has 12 aromatic carbocycles. The number of rotatable bonds is 8. The van der Waals surface area contributed by atoms with Gasteiger partial charge in [-0.05, 0) is 147 Å². The Morgan fingerprint density at radius 2 is 0.427 bits per heavy atom. The van der Waals surface area contributed by atoms with Crippen molar-refractivity contribution in [1.29, 1.82) is 0 Å². The van der Waals surface area contributed by atoms with Crippen LogP contribution in [0.2, 0.25) is 0 Å². The summed E-state index contributed by atoms with van der Waals surface area (Å²) in [6.45, 7) is 0. The van der Waals surface area contributed by atoms with Crippen LogP contribution in [0.4, 0.5) is 0 Å². The van der Waals surface area contributed by atoms with Crippen LogP contribution in [-0.4, -0.2) is 13.7 Å². The van der Waals surface area contributed by atoms with Crippen LogP contribution in [0.3, 0.4) is 0 Å². The Hall–Kier alpha value is -9.96. The van der Waals surface area contributed by atoms with Crippen molar-refractivity contribution in [3.63, 3.8) is 0 Å². The first-order valence-electron chi connectivity index (χ1n) is 25.8. The van der Waals surface area contributed by atoms with E-state index in [1.54, 1.807) is 0 Å². The molecule has 0 amide bonds. The van der Waals surface area contributed by atoms with Crippen LogP contribution in [0, 0.1) is 0 Å². The van der Waals surface area contributed by atoms with E-state index in [-0.39, 0.29) is 0 Å². The minimum absolute atomic E-state index is 1.08. The molecule has 15 aromatic rings. The summed E-state index contributed by atoms with van der Waals surface area (Å²) >= 11 is 0. The van der Waals surface area contributed by atoms with Crippen molar-refractivity contribution in [1.82, 2.24) is 13.7 Å². The lowest BCUT2D eigenvalue weighted by atomic mass is 10.0. The fourth-order valence-electron chi connectivity index (χ4n) is 11.9. The number of nitrogens with zero attached hydrogens (tertiary/aromatic N) is 3. The van der Waals surface area contributed by atoms with Crippen molar-refractivity contribution in [2.45, 2.75) is 0 Å². The summed E-state index contributed by atoms with van der Waals surface area (Å²) in [4.78, 5) is 0. The van der Waals surface area contributed by atoms with Gasteiger partial charge in [-0.1, -0.05) is 194 Å². The molecule has 0 bridgehead atoms. The molecule has 0 aliphatic carbocycles. The Bertz CT molecular complexity index is 4210. The standard InChI is InChI=1S/C72H47N3/c1-5-18-48(19-6-1)53-32-36-69-63(43-53)64-44-54(49-20-7-2-8-21-49)33-37-70(64)74(69)59-41-57(52-26-17-27-58(40-52)73-67-30-15-13-28-61(67)62-29-14-16-31-68(62)73)42-60(47-59)75-71-38-34-55(50-22-9-3-10-23-50)45-65(71)66-46-56(35-39-72(66)75)51-24-11-4-12-25-51/h1-47H. The lowest BCUT2D eigenvalue weighted by Crippen LogP contribution is -2.01. The highest BCUT2D eigenvalue weighted by Crippen LogP contribution is 2.43. The molecule has 0 saturated carbocycles. The first-order chi connectivity index (χ1) is 37.2. The maximum atomic E-state index is 2.49. The fourth-order valence-corrected chi connectivity index (χ4v) is 11.9. The normalized spacial score (nSPS) is 11.7. The molecule has 0 aliphatic heterocycles. The average molecular weight is 954 g/mol. The van der Waals surface area contributed by atoms with Gasteiger partial charge in [0.2, 0.25) is 0 Å². The number of para-hydroxylation sites is 2. The molecule has 350 valence electrons. The SMILES string of the molecule is c1ccc(-c2ccc3c(c2)c2cc(-c4ccccc4)ccc2n3-c2cc(-c3cccc(-n4c5ccccc5c5ccccc54)c3)cc(-n3c4ccc(-c5ccccc5)cc4c4cc(-c5ccccc5)ccc43)c2)cc1. The van der Waals surface area contributed by atoms with Crippen LogP contribution < -0.4 is 0 Å². The summed E-state index contributed by atoms with van der Waals surface area (Å²) in [6.07, 6.45) is 0. The number of fused-ring (bicyclic) bond motifs is 9. The second kappa shape index (κ2) is 17.4. The van der Waals surface area contributed by atoms with Crippen LogP contribution in [0.5, 0.6) is 0 Å². The molecule has 0 aliphatic rings. The predicted molar refractivity (Wildman–Crippen MR) is 317 cm³/mol. The van der Waals surface area contributed by atoms with Gasteiger partial charge in [-0.15, -0.1) is 0 Å². The summed E-state index contributed by atoms with van der Waals surface area (Å²) in [7, 11) is 0. The molecule has 15 rings (SSSR count). The molecule has 0 unspecified atom stereocenters. The lowest BCUT2D eigenvalue weighted by molar-refractivity contribution is 1.13. The quantitative estimate of drug-likeness (QED) is 0.144. The van der Waals surface area contributed by atoms with Crippen LogP contribution in [0.25, 0.3) is 138 Å². The van der Waals surface area contributed by atoms with E-state index in [2.05, 4.69) is 299 Å². The number of hydrogen-bond donors (Lipinski definition) is 0. The van der Waals surface area contributed by atoms with Gasteiger partial charge in [0, 0.05) is 49.4 Å². The van der Waals surface area contributed by atoms with Crippen molar-refractivity contribution in [2.75, 3.05) is 0 Å². The average Bonchev–Trinajstić information content (AvgIpc) is 4.18. The predicted octanol–water partition coefficient (Wildman–Crippen LogP) is 19.3. The molecule has 3 aromatic heterocycles. The summed E-state index contributed by atoms with van der Waals surface area (Å²) < 4.78 is 7.40. The molecule has 0 atom stereocenters. The largest absolute Gasteiger partial charge is 0.309 e. The van der Waals surface area contributed by atoms with Crippen LogP contribution in [-0.2, 0) is 0 Å². The number of benzene rings is 12. The van der Waals surface area contributed by atoms with Gasteiger partial charge in [-0.3, -0.25) is 0 Å². The highest BCUT2D eigenvalue weighted by molar-refractivity contribution is 6.14. The Labute approximate surface area is 434 Å². The first kappa shape index (κ1) is 42.7. The summed E-state index contributed by atoms with van der Waals surface area (Å²) in [5.41, 5.74) is 22.1. The van der Waals surface area contributed by atoms with Crippen molar-refractivity contribution >= 4 is 65.4 Å². The smallest absolute Gasteiger partial charge is 0.0541 e. The maximum absolute atomic E-state index is 2.49. The minimum Gasteiger partial charge on any atom is -0.309 e. The Kier molecular flexibility index (Phi) is 9.89. The molecule has 0 saturated heterocycles. The second-order valence-electron chi connectivity index (χ2n) is 19.7. The van der Waals surface area contributed by atoms with E-state index in [9.17, 15) is 0 Å². The van der Waals surface area contributed by atoms with Gasteiger partial charge in [-0.2, -0.15) is 0 Å². The molecule has 0 spiro atoms. The zero-order valence-corrected chi connectivity index (χ0v) is 41.0.